The SMILES string of the molecule is C=CC[C@@H](C(=O)OC)C(=O)C(C)(C)C. The third-order valence-electron chi connectivity index (χ3n) is 1.94. The summed E-state index contributed by atoms with van der Waals surface area (Å²) in [6.45, 7) is 8.88. The summed E-state index contributed by atoms with van der Waals surface area (Å²) in [4.78, 5) is 23.1. The maximum absolute atomic E-state index is 11.8. The quantitative estimate of drug-likeness (QED) is 0.394. The van der Waals surface area contributed by atoms with Crippen LogP contribution in [0.15, 0.2) is 12.7 Å². The number of Topliss-reactive ketones (excluding diaryl/α,β-unsaturated/α-hetero) is 1. The van der Waals surface area contributed by atoms with Crippen molar-refractivity contribution in [2.45, 2.75) is 27.2 Å². The topological polar surface area (TPSA) is 43.4 Å². The Morgan fingerprint density at radius 1 is 1.43 bits per heavy atom. The zero-order valence-electron chi connectivity index (χ0n) is 9.29. The van der Waals surface area contributed by atoms with Gasteiger partial charge in [0.05, 0.1) is 7.11 Å². The Hall–Kier alpha value is -1.12. The minimum atomic E-state index is -0.711. The van der Waals surface area contributed by atoms with Crippen molar-refractivity contribution < 1.29 is 14.3 Å². The Balaban J connectivity index is 4.74. The number of ketones is 1. The van der Waals surface area contributed by atoms with Crippen molar-refractivity contribution in [1.82, 2.24) is 0 Å². The number of carbonyl (C=O) groups is 2. The van der Waals surface area contributed by atoms with Crippen LogP contribution in [0.3, 0.4) is 0 Å². The zero-order valence-corrected chi connectivity index (χ0v) is 9.29. The van der Waals surface area contributed by atoms with Crippen LogP contribution in [0.5, 0.6) is 0 Å². The van der Waals surface area contributed by atoms with E-state index in [1.165, 1.54) is 7.11 Å². The van der Waals surface area contributed by atoms with E-state index in [4.69, 9.17) is 0 Å². The predicted molar refractivity (Wildman–Crippen MR) is 54.8 cm³/mol. The maximum Gasteiger partial charge on any atom is 0.316 e. The first-order valence-electron chi connectivity index (χ1n) is 4.57. The molecule has 0 amide bonds. The second kappa shape index (κ2) is 4.94. The Labute approximate surface area is 85.1 Å². The average Bonchev–Trinajstić information content (AvgIpc) is 2.10. The zero-order chi connectivity index (χ0) is 11.4. The van der Waals surface area contributed by atoms with Crippen LogP contribution in [0, 0.1) is 11.3 Å². The molecule has 0 spiro atoms. The molecule has 0 aromatic carbocycles. The van der Waals surface area contributed by atoms with Crippen LogP contribution >= 0.6 is 0 Å². The van der Waals surface area contributed by atoms with Crippen molar-refractivity contribution in [2.75, 3.05) is 7.11 Å². The van der Waals surface area contributed by atoms with Crippen molar-refractivity contribution in [3.05, 3.63) is 12.7 Å². The first kappa shape index (κ1) is 12.9. The number of methoxy groups -OCH3 is 1. The molecule has 0 aliphatic heterocycles. The lowest BCUT2D eigenvalue weighted by molar-refractivity contribution is -0.151. The normalized spacial score (nSPS) is 13.1. The number of hydrogen-bond acceptors (Lipinski definition) is 3. The molecular formula is C11H18O3. The van der Waals surface area contributed by atoms with Crippen molar-refractivity contribution in [1.29, 1.82) is 0 Å². The second-order valence-corrected chi connectivity index (χ2v) is 4.21. The molecule has 0 heterocycles. The summed E-state index contributed by atoms with van der Waals surface area (Å²) in [5.74, 6) is -1.30. The molecule has 0 aromatic rings. The molecule has 0 aliphatic rings. The lowest BCUT2D eigenvalue weighted by Crippen LogP contribution is -2.34. The van der Waals surface area contributed by atoms with Crippen LogP contribution in [0.1, 0.15) is 27.2 Å². The summed E-state index contributed by atoms with van der Waals surface area (Å²) in [7, 11) is 1.29. The molecule has 0 rings (SSSR count). The lowest BCUT2D eigenvalue weighted by atomic mass is 9.81. The fraction of sp³-hybridized carbons (Fsp3) is 0.636. The smallest absolute Gasteiger partial charge is 0.316 e. The third-order valence-corrected chi connectivity index (χ3v) is 1.94. The van der Waals surface area contributed by atoms with E-state index in [1.54, 1.807) is 26.8 Å². The first-order valence-corrected chi connectivity index (χ1v) is 4.57. The van der Waals surface area contributed by atoms with Crippen LogP contribution in [-0.2, 0) is 14.3 Å². The van der Waals surface area contributed by atoms with Crippen LogP contribution in [0.2, 0.25) is 0 Å². The van der Waals surface area contributed by atoms with E-state index in [0.29, 0.717) is 6.42 Å². The van der Waals surface area contributed by atoms with Gasteiger partial charge in [0.15, 0.2) is 5.78 Å². The summed E-state index contributed by atoms with van der Waals surface area (Å²) in [5.41, 5.74) is -0.526. The number of hydrogen-bond donors (Lipinski definition) is 0. The molecule has 0 radical (unpaired) electrons. The summed E-state index contributed by atoms with van der Waals surface area (Å²) in [5, 5.41) is 0. The molecule has 0 fully saturated rings. The van der Waals surface area contributed by atoms with Gasteiger partial charge in [-0.05, 0) is 6.42 Å². The molecule has 14 heavy (non-hydrogen) atoms. The number of carbonyl (C=O) groups excluding carboxylic acids is 2. The fourth-order valence-corrected chi connectivity index (χ4v) is 1.14. The van der Waals surface area contributed by atoms with E-state index >= 15 is 0 Å². The average molecular weight is 198 g/mol. The molecule has 0 saturated carbocycles. The number of ether oxygens (including phenoxy) is 1. The van der Waals surface area contributed by atoms with Gasteiger partial charge in [-0.25, -0.2) is 0 Å². The van der Waals surface area contributed by atoms with Crippen LogP contribution in [-0.4, -0.2) is 18.9 Å². The van der Waals surface area contributed by atoms with Crippen molar-refractivity contribution in [2.24, 2.45) is 11.3 Å². The van der Waals surface area contributed by atoms with Crippen molar-refractivity contribution >= 4 is 11.8 Å². The Kier molecular flexibility index (Phi) is 4.54. The van der Waals surface area contributed by atoms with Gasteiger partial charge in [0, 0.05) is 5.41 Å². The number of esters is 1. The predicted octanol–water partition coefficient (Wildman–Crippen LogP) is 1.97. The van der Waals surface area contributed by atoms with Gasteiger partial charge in [-0.1, -0.05) is 26.8 Å². The van der Waals surface area contributed by atoms with E-state index in [-0.39, 0.29) is 5.78 Å². The first-order chi connectivity index (χ1) is 6.34. The molecule has 0 unspecified atom stereocenters. The summed E-state index contributed by atoms with van der Waals surface area (Å²) < 4.78 is 4.57. The molecule has 0 saturated heterocycles. The minimum Gasteiger partial charge on any atom is -0.468 e. The molecule has 80 valence electrons. The van der Waals surface area contributed by atoms with Crippen LogP contribution in [0.4, 0.5) is 0 Å². The van der Waals surface area contributed by atoms with Gasteiger partial charge in [0.2, 0.25) is 0 Å². The lowest BCUT2D eigenvalue weighted by Gasteiger charge is -2.21. The Morgan fingerprint density at radius 2 is 1.93 bits per heavy atom. The molecule has 0 bridgehead atoms. The molecule has 0 N–H and O–H groups in total. The Bertz CT molecular complexity index is 235. The minimum absolute atomic E-state index is 0.107. The van der Waals surface area contributed by atoms with Crippen molar-refractivity contribution in [3.63, 3.8) is 0 Å². The highest BCUT2D eigenvalue weighted by atomic mass is 16.5. The largest absolute Gasteiger partial charge is 0.468 e. The molecule has 3 nitrogen and oxygen atoms in total. The summed E-state index contributed by atoms with van der Waals surface area (Å²) >= 11 is 0. The van der Waals surface area contributed by atoms with E-state index in [0.717, 1.165) is 0 Å². The molecule has 3 heteroatoms. The van der Waals surface area contributed by atoms with E-state index in [1.807, 2.05) is 0 Å². The highest BCUT2D eigenvalue weighted by molar-refractivity contribution is 6.01. The van der Waals surface area contributed by atoms with Gasteiger partial charge in [0.1, 0.15) is 5.92 Å². The summed E-state index contributed by atoms with van der Waals surface area (Å²) in [6.07, 6.45) is 1.90. The third kappa shape index (κ3) is 3.32. The van der Waals surface area contributed by atoms with Crippen molar-refractivity contribution in [3.8, 4) is 0 Å². The van der Waals surface area contributed by atoms with Gasteiger partial charge in [-0.15, -0.1) is 6.58 Å². The monoisotopic (exact) mass is 198 g/mol. The highest BCUT2D eigenvalue weighted by Crippen LogP contribution is 2.23. The summed E-state index contributed by atoms with van der Waals surface area (Å²) in [6, 6.07) is 0. The molecule has 0 aliphatic carbocycles. The van der Waals surface area contributed by atoms with Gasteiger partial charge in [-0.2, -0.15) is 0 Å². The van der Waals surface area contributed by atoms with E-state index < -0.39 is 17.3 Å². The van der Waals surface area contributed by atoms with Crippen LogP contribution in [0.25, 0.3) is 0 Å². The van der Waals surface area contributed by atoms with Gasteiger partial charge >= 0.3 is 5.97 Å². The fourth-order valence-electron chi connectivity index (χ4n) is 1.14. The van der Waals surface area contributed by atoms with Gasteiger partial charge < -0.3 is 4.74 Å². The highest BCUT2D eigenvalue weighted by Gasteiger charge is 2.34. The van der Waals surface area contributed by atoms with Gasteiger partial charge in [-0.3, -0.25) is 9.59 Å². The standard InChI is InChI=1S/C11H18O3/c1-6-7-8(10(13)14-5)9(12)11(2,3)4/h6,8H,1,7H2,2-5H3/t8-/m1/s1. The molecule has 1 atom stereocenters. The van der Waals surface area contributed by atoms with E-state index in [2.05, 4.69) is 11.3 Å². The molecular weight excluding hydrogens is 180 g/mol. The molecule has 0 aromatic heterocycles. The number of rotatable bonds is 4. The Morgan fingerprint density at radius 3 is 2.21 bits per heavy atom. The maximum atomic E-state index is 11.8. The van der Waals surface area contributed by atoms with E-state index in [9.17, 15) is 9.59 Å². The second-order valence-electron chi connectivity index (χ2n) is 4.21. The number of allylic oxidation sites excluding steroid dienone is 1. The van der Waals surface area contributed by atoms with Gasteiger partial charge in [0.25, 0.3) is 0 Å². The van der Waals surface area contributed by atoms with Crippen LogP contribution < -0.4 is 0 Å².